The highest BCUT2D eigenvalue weighted by Gasteiger charge is 2.12. The second-order valence-electron chi connectivity index (χ2n) is 4.94. The number of benzene rings is 2. The van der Waals surface area contributed by atoms with E-state index in [1.165, 1.54) is 24.3 Å². The monoisotopic (exact) mass is 308 g/mol. The van der Waals surface area contributed by atoms with E-state index < -0.39 is 10.0 Å². The molecule has 2 aromatic rings. The van der Waals surface area contributed by atoms with Gasteiger partial charge in [0.05, 0.1) is 4.90 Å². The van der Waals surface area contributed by atoms with Gasteiger partial charge in [0.15, 0.2) is 0 Å². The van der Waals surface area contributed by atoms with Crippen molar-refractivity contribution in [2.24, 2.45) is 5.14 Å². The summed E-state index contributed by atoms with van der Waals surface area (Å²) in [6.45, 7) is 3.78. The van der Waals surface area contributed by atoms with Gasteiger partial charge in [-0.15, -0.1) is 0 Å². The molecule has 0 radical (unpaired) electrons. The maximum absolute atomic E-state index is 12.9. The number of nitrogens with one attached hydrogen (secondary N) is 1. The lowest BCUT2D eigenvalue weighted by atomic mass is 10.1. The Hall–Kier alpha value is -1.92. The van der Waals surface area contributed by atoms with Crippen molar-refractivity contribution in [3.63, 3.8) is 0 Å². The van der Waals surface area contributed by atoms with E-state index in [4.69, 9.17) is 5.14 Å². The molecule has 0 bridgehead atoms. The molecule has 112 valence electrons. The van der Waals surface area contributed by atoms with E-state index in [0.29, 0.717) is 5.69 Å². The van der Waals surface area contributed by atoms with Crippen LogP contribution >= 0.6 is 0 Å². The first-order chi connectivity index (χ1) is 9.77. The fraction of sp³-hybridized carbons (Fsp3) is 0.200. The van der Waals surface area contributed by atoms with Gasteiger partial charge in [-0.25, -0.2) is 17.9 Å². The minimum atomic E-state index is -3.74. The van der Waals surface area contributed by atoms with Crippen molar-refractivity contribution in [1.29, 1.82) is 0 Å². The van der Waals surface area contributed by atoms with Crippen LogP contribution in [-0.2, 0) is 10.0 Å². The molecule has 21 heavy (non-hydrogen) atoms. The summed E-state index contributed by atoms with van der Waals surface area (Å²) in [4.78, 5) is 0.0573. The number of hydrogen-bond acceptors (Lipinski definition) is 3. The average Bonchev–Trinajstić information content (AvgIpc) is 2.40. The lowest BCUT2D eigenvalue weighted by Gasteiger charge is -2.18. The Kier molecular flexibility index (Phi) is 4.29. The maximum atomic E-state index is 12.9. The van der Waals surface area contributed by atoms with Crippen LogP contribution in [0.4, 0.5) is 10.1 Å². The summed E-state index contributed by atoms with van der Waals surface area (Å²) in [5.74, 6) is -0.293. The molecular weight excluding hydrogens is 291 g/mol. The van der Waals surface area contributed by atoms with Gasteiger partial charge in [0, 0.05) is 11.7 Å². The molecule has 0 saturated carbocycles. The highest BCUT2D eigenvalue weighted by atomic mass is 32.2. The second-order valence-corrected chi connectivity index (χ2v) is 6.50. The number of aryl methyl sites for hydroxylation is 1. The standard InChI is InChI=1S/C15H17FN2O2S/c1-10-3-8-14(21(17,19)20)9-15(10)18-11(2)12-4-6-13(16)7-5-12/h3-9,11,18H,1-2H3,(H2,17,19,20). The first kappa shape index (κ1) is 15.5. The highest BCUT2D eigenvalue weighted by molar-refractivity contribution is 7.89. The van der Waals surface area contributed by atoms with Gasteiger partial charge in [0.1, 0.15) is 5.82 Å². The van der Waals surface area contributed by atoms with E-state index in [2.05, 4.69) is 5.32 Å². The molecule has 6 heteroatoms. The molecular formula is C15H17FN2O2S. The van der Waals surface area contributed by atoms with Crippen LogP contribution in [0.1, 0.15) is 24.1 Å². The Morgan fingerprint density at radius 1 is 1.14 bits per heavy atom. The number of sulfonamides is 1. The van der Waals surface area contributed by atoms with Gasteiger partial charge in [0.25, 0.3) is 0 Å². The van der Waals surface area contributed by atoms with E-state index in [-0.39, 0.29) is 16.8 Å². The van der Waals surface area contributed by atoms with Crippen LogP contribution < -0.4 is 10.5 Å². The van der Waals surface area contributed by atoms with Crippen molar-refractivity contribution in [3.8, 4) is 0 Å². The molecule has 0 aromatic heterocycles. The average molecular weight is 308 g/mol. The molecule has 2 aromatic carbocycles. The molecule has 0 aliphatic carbocycles. The Morgan fingerprint density at radius 2 is 1.76 bits per heavy atom. The van der Waals surface area contributed by atoms with Crippen LogP contribution in [0.2, 0.25) is 0 Å². The van der Waals surface area contributed by atoms with Gasteiger partial charge in [-0.05, 0) is 49.2 Å². The minimum Gasteiger partial charge on any atom is -0.378 e. The van der Waals surface area contributed by atoms with Gasteiger partial charge in [0.2, 0.25) is 10.0 Å². The molecule has 1 unspecified atom stereocenters. The molecule has 0 heterocycles. The van der Waals surface area contributed by atoms with Crippen LogP contribution in [-0.4, -0.2) is 8.42 Å². The smallest absolute Gasteiger partial charge is 0.238 e. The molecule has 0 amide bonds. The maximum Gasteiger partial charge on any atom is 0.238 e. The number of primary sulfonamides is 1. The van der Waals surface area contributed by atoms with Crippen molar-refractivity contribution >= 4 is 15.7 Å². The number of rotatable bonds is 4. The van der Waals surface area contributed by atoms with Crippen LogP contribution in [0.3, 0.4) is 0 Å². The third kappa shape index (κ3) is 3.80. The lowest BCUT2D eigenvalue weighted by molar-refractivity contribution is 0.597. The number of anilines is 1. The fourth-order valence-electron chi connectivity index (χ4n) is 2.00. The summed E-state index contributed by atoms with van der Waals surface area (Å²) in [5.41, 5.74) is 2.48. The molecule has 0 spiro atoms. The van der Waals surface area contributed by atoms with Crippen LogP contribution in [0, 0.1) is 12.7 Å². The molecule has 0 saturated heterocycles. The molecule has 2 rings (SSSR count). The summed E-state index contributed by atoms with van der Waals surface area (Å²) in [6.07, 6.45) is 0. The molecule has 1 atom stereocenters. The van der Waals surface area contributed by atoms with Gasteiger partial charge in [-0.3, -0.25) is 0 Å². The second kappa shape index (κ2) is 5.83. The van der Waals surface area contributed by atoms with Gasteiger partial charge in [-0.1, -0.05) is 18.2 Å². The summed E-state index contributed by atoms with van der Waals surface area (Å²) in [5, 5.41) is 8.35. The summed E-state index contributed by atoms with van der Waals surface area (Å²) in [6, 6.07) is 10.7. The van der Waals surface area contributed by atoms with E-state index in [9.17, 15) is 12.8 Å². The molecule has 0 fully saturated rings. The Labute approximate surface area is 123 Å². The topological polar surface area (TPSA) is 72.2 Å². The van der Waals surface area contributed by atoms with Gasteiger partial charge >= 0.3 is 0 Å². The van der Waals surface area contributed by atoms with Crippen molar-refractivity contribution in [1.82, 2.24) is 0 Å². The first-order valence-corrected chi connectivity index (χ1v) is 7.97. The summed E-state index contributed by atoms with van der Waals surface area (Å²) < 4.78 is 35.7. The predicted molar refractivity (Wildman–Crippen MR) is 81.0 cm³/mol. The van der Waals surface area contributed by atoms with Crippen LogP contribution in [0.15, 0.2) is 47.4 Å². The Morgan fingerprint density at radius 3 is 2.33 bits per heavy atom. The van der Waals surface area contributed by atoms with E-state index in [0.717, 1.165) is 11.1 Å². The zero-order valence-corrected chi connectivity index (χ0v) is 12.6. The summed E-state index contributed by atoms with van der Waals surface area (Å²) >= 11 is 0. The lowest BCUT2D eigenvalue weighted by Crippen LogP contribution is -2.13. The van der Waals surface area contributed by atoms with E-state index >= 15 is 0 Å². The van der Waals surface area contributed by atoms with E-state index in [1.54, 1.807) is 18.2 Å². The quantitative estimate of drug-likeness (QED) is 0.912. The first-order valence-electron chi connectivity index (χ1n) is 6.43. The SMILES string of the molecule is Cc1ccc(S(N)(=O)=O)cc1NC(C)c1ccc(F)cc1. The molecule has 0 aliphatic rings. The number of halogens is 1. The predicted octanol–water partition coefficient (Wildman–Crippen LogP) is 2.95. The zero-order valence-electron chi connectivity index (χ0n) is 11.8. The molecule has 3 N–H and O–H groups in total. The zero-order chi connectivity index (χ0) is 15.6. The van der Waals surface area contributed by atoms with Gasteiger partial charge in [-0.2, -0.15) is 0 Å². The third-order valence-corrected chi connectivity index (χ3v) is 4.19. The third-order valence-electron chi connectivity index (χ3n) is 3.28. The molecule has 4 nitrogen and oxygen atoms in total. The van der Waals surface area contributed by atoms with Gasteiger partial charge < -0.3 is 5.32 Å². The normalized spacial score (nSPS) is 13.0. The largest absolute Gasteiger partial charge is 0.378 e. The molecule has 0 aliphatic heterocycles. The number of nitrogens with two attached hydrogens (primary N) is 1. The van der Waals surface area contributed by atoms with E-state index in [1.807, 2.05) is 13.8 Å². The Balaban J connectivity index is 2.28. The van der Waals surface area contributed by atoms with Crippen molar-refractivity contribution < 1.29 is 12.8 Å². The summed E-state index contributed by atoms with van der Waals surface area (Å²) in [7, 11) is -3.74. The fourth-order valence-corrected chi connectivity index (χ4v) is 2.54. The van der Waals surface area contributed by atoms with Crippen molar-refractivity contribution in [3.05, 3.63) is 59.4 Å². The van der Waals surface area contributed by atoms with Crippen molar-refractivity contribution in [2.45, 2.75) is 24.8 Å². The van der Waals surface area contributed by atoms with Crippen LogP contribution in [0.5, 0.6) is 0 Å². The number of hydrogen-bond donors (Lipinski definition) is 2. The Bertz CT molecular complexity index is 743. The van der Waals surface area contributed by atoms with Crippen LogP contribution in [0.25, 0.3) is 0 Å². The van der Waals surface area contributed by atoms with Crippen molar-refractivity contribution in [2.75, 3.05) is 5.32 Å². The minimum absolute atomic E-state index is 0.0573. The highest BCUT2D eigenvalue weighted by Crippen LogP contribution is 2.24.